The summed E-state index contributed by atoms with van der Waals surface area (Å²) in [5, 5.41) is 11.1. The number of hydrogen-bond donors (Lipinski definition) is 0. The molecule has 0 aliphatic carbocycles. The summed E-state index contributed by atoms with van der Waals surface area (Å²) in [6.07, 6.45) is 0. The molecule has 10 aromatic rings. The fraction of sp³-hybridized carbons (Fsp3) is 0. The Balaban J connectivity index is 1.34. The number of rotatable bonds is 11. The van der Waals surface area contributed by atoms with Gasteiger partial charge in [0.2, 0.25) is 0 Å². The fourth-order valence-corrected chi connectivity index (χ4v) is 18.0. The zero-order valence-electron chi connectivity index (χ0n) is 33.7. The highest BCUT2D eigenvalue weighted by atomic mass is 79.9. The molecule has 0 fully saturated rings. The molecule has 0 heterocycles. The van der Waals surface area contributed by atoms with Crippen LogP contribution in [0.2, 0.25) is 0 Å². The van der Waals surface area contributed by atoms with Crippen molar-refractivity contribution in [2.24, 2.45) is 0 Å². The van der Waals surface area contributed by atoms with E-state index in [1.165, 1.54) is 0 Å². The Kier molecular flexibility index (Phi) is 11.1. The first-order valence-corrected chi connectivity index (χ1v) is 26.1. The van der Waals surface area contributed by atoms with E-state index in [-0.39, 0.29) is 0 Å². The average Bonchev–Trinajstić information content (AvgIpc) is 3.34. The molecule has 10 aromatic carbocycles. The lowest BCUT2D eigenvalue weighted by Gasteiger charge is -2.37. The molecule has 0 unspecified atom stereocenters. The van der Waals surface area contributed by atoms with Crippen LogP contribution in [-0.2, 0) is 0 Å². The summed E-state index contributed by atoms with van der Waals surface area (Å²) in [6, 6.07) is 86.3. The second kappa shape index (κ2) is 17.2. The first-order chi connectivity index (χ1) is 30.6. The predicted octanol–water partition coefficient (Wildman–Crippen LogP) is 11.3. The van der Waals surface area contributed by atoms with Gasteiger partial charge in [-0.1, -0.05) is 231 Å². The summed E-state index contributed by atoms with van der Waals surface area (Å²) in [7, 11) is -6.65. The topological polar surface area (TPSA) is 18.5 Å². The van der Waals surface area contributed by atoms with Gasteiger partial charge in [0.1, 0.15) is 11.5 Å². The van der Waals surface area contributed by atoms with Crippen LogP contribution in [-0.4, -0.2) is 16.6 Å². The van der Waals surface area contributed by atoms with E-state index in [0.717, 1.165) is 84.2 Å². The zero-order chi connectivity index (χ0) is 41.9. The standard InChI is InChI=1S/C56H40Br2O2Si2/c57-51-39-41-23-19-21-37-49(41)53(55(51)59-61(43-25-7-1-8-26-43,44-27-9-2-10-28-44)45-29-11-3-12-30-45)54-50-38-22-20-24-42(50)40-52(58)56(54)60-62(46-31-13-4-14-32-46,47-33-15-5-16-34-47)48-35-17-6-18-36-48/h1-40H. The van der Waals surface area contributed by atoms with E-state index >= 15 is 0 Å². The molecule has 0 saturated heterocycles. The molecule has 0 spiro atoms. The third-order valence-corrected chi connectivity index (χ3v) is 20.8. The number of benzene rings is 10. The molecule has 0 amide bonds. The molecule has 0 atom stereocenters. The Bertz CT molecular complexity index is 2730. The van der Waals surface area contributed by atoms with E-state index in [1.807, 2.05) is 0 Å². The molecule has 62 heavy (non-hydrogen) atoms. The summed E-state index contributed by atoms with van der Waals surface area (Å²) >= 11 is 8.34. The summed E-state index contributed by atoms with van der Waals surface area (Å²) in [6.45, 7) is 0. The highest BCUT2D eigenvalue weighted by Crippen LogP contribution is 2.51. The second-order valence-electron chi connectivity index (χ2n) is 15.3. The summed E-state index contributed by atoms with van der Waals surface area (Å²) in [4.78, 5) is 0. The van der Waals surface area contributed by atoms with Crippen LogP contribution in [0.15, 0.2) is 252 Å². The minimum Gasteiger partial charge on any atom is -0.529 e. The predicted molar refractivity (Wildman–Crippen MR) is 272 cm³/mol. The first kappa shape index (κ1) is 39.8. The quantitative estimate of drug-likeness (QED) is 0.0950. The lowest BCUT2D eigenvalue weighted by atomic mass is 9.92. The Morgan fingerprint density at radius 1 is 0.274 bits per heavy atom. The van der Waals surface area contributed by atoms with Gasteiger partial charge in [-0.05, 0) is 96.7 Å². The van der Waals surface area contributed by atoms with Gasteiger partial charge < -0.3 is 8.85 Å². The summed E-state index contributed by atoms with van der Waals surface area (Å²) in [5.74, 6) is 1.51. The molecule has 0 aromatic heterocycles. The normalized spacial score (nSPS) is 11.7. The van der Waals surface area contributed by atoms with Crippen LogP contribution in [0.1, 0.15) is 0 Å². The molecule has 0 N–H and O–H groups in total. The van der Waals surface area contributed by atoms with Crippen LogP contribution in [0, 0.1) is 0 Å². The lowest BCUT2D eigenvalue weighted by Crippen LogP contribution is -2.71. The highest BCUT2D eigenvalue weighted by Gasteiger charge is 2.47. The first-order valence-electron chi connectivity index (χ1n) is 20.7. The van der Waals surface area contributed by atoms with Crippen molar-refractivity contribution in [3.8, 4) is 22.6 Å². The molecule has 0 radical (unpaired) electrons. The van der Waals surface area contributed by atoms with E-state index < -0.39 is 16.6 Å². The van der Waals surface area contributed by atoms with Crippen LogP contribution in [0.4, 0.5) is 0 Å². The third-order valence-electron chi connectivity index (χ3n) is 11.8. The van der Waals surface area contributed by atoms with Gasteiger partial charge in [0.25, 0.3) is 0 Å². The van der Waals surface area contributed by atoms with Crippen molar-refractivity contribution in [3.05, 3.63) is 252 Å². The van der Waals surface area contributed by atoms with Crippen molar-refractivity contribution in [2.75, 3.05) is 0 Å². The van der Waals surface area contributed by atoms with Crippen molar-refractivity contribution < 1.29 is 8.85 Å². The van der Waals surface area contributed by atoms with Crippen LogP contribution in [0.3, 0.4) is 0 Å². The van der Waals surface area contributed by atoms with E-state index in [4.69, 9.17) is 8.85 Å². The molecule has 0 bridgehead atoms. The van der Waals surface area contributed by atoms with Gasteiger partial charge in [-0.3, -0.25) is 0 Å². The van der Waals surface area contributed by atoms with Crippen molar-refractivity contribution >= 4 is 101 Å². The Morgan fingerprint density at radius 2 is 0.500 bits per heavy atom. The number of halogens is 2. The van der Waals surface area contributed by atoms with Crippen molar-refractivity contribution in [2.45, 2.75) is 0 Å². The summed E-state index contributed by atoms with van der Waals surface area (Å²) in [5.41, 5.74) is 1.92. The third kappa shape index (κ3) is 7.03. The summed E-state index contributed by atoms with van der Waals surface area (Å²) < 4.78 is 18.0. The fourth-order valence-electron chi connectivity index (χ4n) is 8.98. The van der Waals surface area contributed by atoms with Crippen LogP contribution in [0.5, 0.6) is 11.5 Å². The van der Waals surface area contributed by atoms with E-state index in [0.29, 0.717) is 0 Å². The molecule has 10 rings (SSSR count). The van der Waals surface area contributed by atoms with Gasteiger partial charge in [-0.25, -0.2) is 0 Å². The molecule has 6 heteroatoms. The largest absolute Gasteiger partial charge is 0.529 e. The van der Waals surface area contributed by atoms with Gasteiger partial charge in [0.05, 0.1) is 8.95 Å². The van der Waals surface area contributed by atoms with Gasteiger partial charge in [0.15, 0.2) is 0 Å². The van der Waals surface area contributed by atoms with Crippen molar-refractivity contribution in [1.29, 1.82) is 0 Å². The molecule has 0 aliphatic rings. The molecular weight excluding hydrogens is 921 g/mol. The van der Waals surface area contributed by atoms with E-state index in [1.54, 1.807) is 0 Å². The minimum atomic E-state index is -3.32. The smallest absolute Gasteiger partial charge is 0.347 e. The maximum absolute atomic E-state index is 8.15. The molecular formula is C56H40Br2O2Si2. The monoisotopic (exact) mass is 958 g/mol. The molecule has 298 valence electrons. The number of fused-ring (bicyclic) bond motifs is 2. The second-order valence-corrected chi connectivity index (χ2v) is 23.6. The average molecular weight is 961 g/mol. The SMILES string of the molecule is Brc1cc2ccccc2c(-c2c(O[Si](c3ccccc3)(c3ccccc3)c3ccccc3)c(Br)cc3ccccc23)c1O[Si](c1ccccc1)(c1ccccc1)c1ccccc1. The highest BCUT2D eigenvalue weighted by molar-refractivity contribution is 9.11. The van der Waals surface area contributed by atoms with Crippen molar-refractivity contribution in [3.63, 3.8) is 0 Å². The maximum atomic E-state index is 8.15. The molecule has 2 nitrogen and oxygen atoms in total. The minimum absolute atomic E-state index is 0.756. The Labute approximate surface area is 381 Å². The van der Waals surface area contributed by atoms with Crippen LogP contribution in [0.25, 0.3) is 32.7 Å². The maximum Gasteiger partial charge on any atom is 0.347 e. The zero-order valence-corrected chi connectivity index (χ0v) is 38.8. The van der Waals surface area contributed by atoms with Gasteiger partial charge in [-0.15, -0.1) is 0 Å². The lowest BCUT2D eigenvalue weighted by molar-refractivity contribution is 0.568. The Morgan fingerprint density at radius 3 is 0.758 bits per heavy atom. The van der Waals surface area contributed by atoms with Crippen molar-refractivity contribution in [1.82, 2.24) is 0 Å². The molecule has 0 aliphatic heterocycles. The Hall–Kier alpha value is -6.29. The van der Waals surface area contributed by atoms with E-state index in [9.17, 15) is 0 Å². The van der Waals surface area contributed by atoms with Crippen LogP contribution < -0.4 is 40.0 Å². The van der Waals surface area contributed by atoms with E-state index in [2.05, 4.69) is 275 Å². The number of hydrogen-bond acceptors (Lipinski definition) is 2. The van der Waals surface area contributed by atoms with Gasteiger partial charge >= 0.3 is 16.6 Å². The van der Waals surface area contributed by atoms with Crippen LogP contribution >= 0.6 is 31.9 Å². The molecule has 0 saturated carbocycles. The van der Waals surface area contributed by atoms with Gasteiger partial charge in [0, 0.05) is 11.1 Å². The van der Waals surface area contributed by atoms with Gasteiger partial charge in [-0.2, -0.15) is 0 Å².